The molecule has 0 bridgehead atoms. The molecule has 0 fully saturated rings. The van der Waals surface area contributed by atoms with Crippen LogP contribution < -0.4 is 0 Å². The molecule has 0 aromatic rings. The lowest BCUT2D eigenvalue weighted by atomic mass is 10.5. The summed E-state index contributed by atoms with van der Waals surface area (Å²) >= 11 is 14.1. The van der Waals surface area contributed by atoms with Crippen molar-refractivity contribution in [2.24, 2.45) is 0 Å². The quantitative estimate of drug-likeness (QED) is 0.592. The summed E-state index contributed by atoms with van der Waals surface area (Å²) in [5, 5.41) is 0. The van der Waals surface area contributed by atoms with Crippen LogP contribution in [0, 0.1) is 0 Å². The zero-order valence-electron chi connectivity index (χ0n) is 9.64. The Morgan fingerprint density at radius 3 is 1.88 bits per heavy atom. The van der Waals surface area contributed by atoms with Gasteiger partial charge in [0.25, 0.3) is 0 Å². The maximum Gasteiger partial charge on any atom is 0.317 e. The standard InChI is InChI=1S/C7H14N2.CHCl3O3S/c1-4-9-6-5-8(3)7(9)2;2-1(3,4)8(5,6)7/h5-7H,4H2,1-3H3;(H,5,6,7). The fourth-order valence-corrected chi connectivity index (χ4v) is 1.04. The van der Waals surface area contributed by atoms with E-state index in [9.17, 15) is 8.42 Å². The molecule has 1 unspecified atom stereocenters. The summed E-state index contributed by atoms with van der Waals surface area (Å²) in [5.41, 5.74) is 0. The fourth-order valence-electron chi connectivity index (χ4n) is 1.04. The third kappa shape index (κ3) is 5.52. The van der Waals surface area contributed by atoms with E-state index in [4.69, 9.17) is 39.4 Å². The van der Waals surface area contributed by atoms with Crippen molar-refractivity contribution in [1.29, 1.82) is 0 Å². The van der Waals surface area contributed by atoms with Gasteiger partial charge in [-0.2, -0.15) is 8.42 Å². The first kappa shape index (κ1) is 17.1. The Hall–Kier alpha value is 0.120. The molecule has 0 aliphatic carbocycles. The minimum Gasteiger partial charge on any atom is -0.359 e. The van der Waals surface area contributed by atoms with Crippen LogP contribution >= 0.6 is 34.8 Å². The lowest BCUT2D eigenvalue weighted by Crippen LogP contribution is -2.33. The minimum absolute atomic E-state index is 0.551. The van der Waals surface area contributed by atoms with Gasteiger partial charge >= 0.3 is 13.2 Å². The monoisotopic (exact) mass is 324 g/mol. The first-order valence-electron chi connectivity index (χ1n) is 4.70. The highest BCUT2D eigenvalue weighted by atomic mass is 35.6. The number of hydrogen-bond donors (Lipinski definition) is 1. The zero-order valence-corrected chi connectivity index (χ0v) is 12.7. The molecule has 102 valence electrons. The molecule has 9 heteroatoms. The van der Waals surface area contributed by atoms with Gasteiger partial charge in [0, 0.05) is 26.0 Å². The molecule has 1 rings (SSSR count). The molecule has 0 spiro atoms. The van der Waals surface area contributed by atoms with Crippen LogP contribution in [0.2, 0.25) is 0 Å². The first-order chi connectivity index (χ1) is 7.50. The molecule has 1 aliphatic rings. The number of nitrogens with zero attached hydrogens (tertiary/aromatic N) is 2. The molecule has 0 amide bonds. The van der Waals surface area contributed by atoms with Crippen LogP contribution in [0.3, 0.4) is 0 Å². The predicted octanol–water partition coefficient (Wildman–Crippen LogP) is 2.27. The van der Waals surface area contributed by atoms with Crippen LogP contribution in [0.25, 0.3) is 0 Å². The maximum absolute atomic E-state index is 9.81. The molecule has 0 aromatic heterocycles. The van der Waals surface area contributed by atoms with Crippen LogP contribution in [0.15, 0.2) is 12.4 Å². The van der Waals surface area contributed by atoms with Gasteiger partial charge in [0.15, 0.2) is 0 Å². The average molecular weight is 326 g/mol. The van der Waals surface area contributed by atoms with Crippen molar-refractivity contribution in [3.8, 4) is 0 Å². The molecular weight excluding hydrogens is 311 g/mol. The van der Waals surface area contributed by atoms with Crippen molar-refractivity contribution in [3.05, 3.63) is 12.4 Å². The minimum atomic E-state index is -4.54. The van der Waals surface area contributed by atoms with Gasteiger partial charge < -0.3 is 9.80 Å². The third-order valence-electron chi connectivity index (χ3n) is 2.22. The summed E-state index contributed by atoms with van der Waals surface area (Å²) in [4.78, 5) is 4.49. The lowest BCUT2D eigenvalue weighted by Gasteiger charge is -2.25. The van der Waals surface area contributed by atoms with E-state index in [1.165, 1.54) is 0 Å². The van der Waals surface area contributed by atoms with Gasteiger partial charge in [-0.3, -0.25) is 4.55 Å². The van der Waals surface area contributed by atoms with Gasteiger partial charge in [-0.15, -0.1) is 0 Å². The van der Waals surface area contributed by atoms with E-state index in [0.717, 1.165) is 6.54 Å². The summed E-state index contributed by atoms with van der Waals surface area (Å²) in [5.74, 6) is 0. The number of alkyl halides is 3. The van der Waals surface area contributed by atoms with Gasteiger partial charge in [-0.05, 0) is 13.8 Å². The SMILES string of the molecule is CCN1C=CN(C)C1C.O=S(=O)(O)C(Cl)(Cl)Cl. The summed E-state index contributed by atoms with van der Waals surface area (Å²) in [6.45, 7) is 5.46. The highest BCUT2D eigenvalue weighted by Crippen LogP contribution is 2.31. The Labute approximate surface area is 117 Å². The van der Waals surface area contributed by atoms with Crippen LogP contribution in [0.5, 0.6) is 0 Å². The highest BCUT2D eigenvalue weighted by molar-refractivity contribution is 7.92. The van der Waals surface area contributed by atoms with Gasteiger partial charge in [0.05, 0.1) is 6.17 Å². The molecule has 17 heavy (non-hydrogen) atoms. The summed E-state index contributed by atoms with van der Waals surface area (Å²) in [6, 6.07) is 0. The molecular formula is C8H15Cl3N2O3S. The van der Waals surface area contributed by atoms with Crippen molar-refractivity contribution < 1.29 is 13.0 Å². The second-order valence-corrected chi connectivity index (χ2v) is 7.86. The third-order valence-corrected chi connectivity index (χ3v) is 4.56. The van der Waals surface area contributed by atoms with Gasteiger partial charge in [0.1, 0.15) is 0 Å². The highest BCUT2D eigenvalue weighted by Gasteiger charge is 2.35. The zero-order chi connectivity index (χ0) is 13.9. The molecule has 0 saturated heterocycles. The molecule has 1 atom stereocenters. The number of halogens is 3. The van der Waals surface area contributed by atoms with E-state index < -0.39 is 13.2 Å². The van der Waals surface area contributed by atoms with E-state index in [1.54, 1.807) is 0 Å². The largest absolute Gasteiger partial charge is 0.359 e. The topological polar surface area (TPSA) is 60.9 Å². The van der Waals surface area contributed by atoms with Gasteiger partial charge in [-0.25, -0.2) is 0 Å². The predicted molar refractivity (Wildman–Crippen MR) is 70.6 cm³/mol. The van der Waals surface area contributed by atoms with E-state index in [0.29, 0.717) is 6.17 Å². The smallest absolute Gasteiger partial charge is 0.317 e. The van der Waals surface area contributed by atoms with E-state index in [2.05, 4.69) is 43.1 Å². The van der Waals surface area contributed by atoms with Gasteiger partial charge in [-0.1, -0.05) is 34.8 Å². The number of rotatable bonds is 1. The van der Waals surface area contributed by atoms with Crippen molar-refractivity contribution in [2.45, 2.75) is 23.1 Å². The Balaban J connectivity index is 0.000000304. The van der Waals surface area contributed by atoms with Crippen LogP contribution in [0.1, 0.15) is 13.8 Å². The van der Waals surface area contributed by atoms with Crippen molar-refractivity contribution >= 4 is 44.9 Å². The molecule has 1 N–H and O–H groups in total. The van der Waals surface area contributed by atoms with Crippen LogP contribution in [0.4, 0.5) is 0 Å². The van der Waals surface area contributed by atoms with E-state index in [1.807, 2.05) is 0 Å². The Morgan fingerprint density at radius 1 is 1.35 bits per heavy atom. The molecule has 1 heterocycles. The molecule has 0 saturated carbocycles. The molecule has 1 aliphatic heterocycles. The second kappa shape index (κ2) is 6.33. The molecule has 0 radical (unpaired) electrons. The van der Waals surface area contributed by atoms with Crippen molar-refractivity contribution in [3.63, 3.8) is 0 Å². The average Bonchev–Trinajstić information content (AvgIpc) is 2.45. The second-order valence-electron chi connectivity index (χ2n) is 3.35. The van der Waals surface area contributed by atoms with E-state index >= 15 is 0 Å². The summed E-state index contributed by atoms with van der Waals surface area (Å²) < 4.78 is 24.9. The first-order valence-corrected chi connectivity index (χ1v) is 7.27. The Morgan fingerprint density at radius 2 is 1.76 bits per heavy atom. The lowest BCUT2D eigenvalue weighted by molar-refractivity contribution is 0.203. The van der Waals surface area contributed by atoms with Gasteiger partial charge in [0.2, 0.25) is 0 Å². The van der Waals surface area contributed by atoms with E-state index in [-0.39, 0.29) is 0 Å². The Bertz CT molecular complexity index is 367. The van der Waals surface area contributed by atoms with Crippen molar-refractivity contribution in [1.82, 2.24) is 9.80 Å². The fraction of sp³-hybridized carbons (Fsp3) is 0.750. The summed E-state index contributed by atoms with van der Waals surface area (Å²) in [7, 11) is -2.45. The summed E-state index contributed by atoms with van der Waals surface area (Å²) in [6.07, 6.45) is 4.79. The Kier molecular flexibility index (Phi) is 6.38. The number of hydrogen-bond acceptors (Lipinski definition) is 4. The van der Waals surface area contributed by atoms with Crippen molar-refractivity contribution in [2.75, 3.05) is 13.6 Å². The maximum atomic E-state index is 9.81. The van der Waals surface area contributed by atoms with Crippen LogP contribution in [-0.4, -0.2) is 45.7 Å². The molecule has 5 nitrogen and oxygen atoms in total. The van der Waals surface area contributed by atoms with Crippen LogP contribution in [-0.2, 0) is 10.1 Å². The molecule has 0 aromatic carbocycles. The normalized spacial score (nSPS) is 20.3.